The predicted octanol–water partition coefficient (Wildman–Crippen LogP) is 0.721. The molecule has 0 radical (unpaired) electrons. The molecule has 0 amide bonds. The van der Waals surface area contributed by atoms with E-state index >= 15 is 0 Å². The molecule has 3 aliphatic carbocycles. The summed E-state index contributed by atoms with van der Waals surface area (Å²) in [5.74, 6) is 0.342. The lowest BCUT2D eigenvalue weighted by Crippen LogP contribution is -2.34. The monoisotopic (exact) mass is 136 g/mol. The van der Waals surface area contributed by atoms with Crippen molar-refractivity contribution in [1.82, 2.24) is 0 Å². The standard InChI is InChI=1S/C8H8O2/c9-7-4-6-2-1-5(7)3-8(6)10/h1-2,5-6H,3-4H2. The first-order chi connectivity index (χ1) is 4.77. The van der Waals surface area contributed by atoms with Crippen molar-refractivity contribution in [2.45, 2.75) is 12.8 Å². The molecule has 1 fully saturated rings. The second-order valence-electron chi connectivity index (χ2n) is 2.94. The van der Waals surface area contributed by atoms with Gasteiger partial charge in [0.15, 0.2) is 0 Å². The van der Waals surface area contributed by atoms with Gasteiger partial charge in [0.1, 0.15) is 11.6 Å². The van der Waals surface area contributed by atoms with Crippen LogP contribution in [-0.4, -0.2) is 11.6 Å². The second-order valence-corrected chi connectivity index (χ2v) is 2.94. The molecule has 3 rings (SSSR count). The lowest BCUT2D eigenvalue weighted by Gasteiger charge is -2.27. The average molecular weight is 136 g/mol. The molecule has 0 heterocycles. The Kier molecular flexibility index (Phi) is 1.04. The molecule has 0 saturated heterocycles. The van der Waals surface area contributed by atoms with Crippen molar-refractivity contribution in [1.29, 1.82) is 0 Å². The van der Waals surface area contributed by atoms with Gasteiger partial charge >= 0.3 is 0 Å². The van der Waals surface area contributed by atoms with E-state index in [9.17, 15) is 9.59 Å². The molecule has 0 N–H and O–H groups in total. The summed E-state index contributed by atoms with van der Waals surface area (Å²) in [5.41, 5.74) is 0. The van der Waals surface area contributed by atoms with Crippen LogP contribution in [0.3, 0.4) is 0 Å². The van der Waals surface area contributed by atoms with Gasteiger partial charge in [-0.3, -0.25) is 9.59 Å². The Balaban J connectivity index is 2.36. The number of ketones is 2. The third kappa shape index (κ3) is 0.649. The Morgan fingerprint density at radius 2 is 1.40 bits per heavy atom. The van der Waals surface area contributed by atoms with Gasteiger partial charge in [0.05, 0.1) is 0 Å². The highest BCUT2D eigenvalue weighted by Gasteiger charge is 2.35. The molecule has 0 aliphatic heterocycles. The van der Waals surface area contributed by atoms with Crippen molar-refractivity contribution in [3.05, 3.63) is 12.2 Å². The summed E-state index contributed by atoms with van der Waals surface area (Å²) in [5, 5.41) is 0. The Morgan fingerprint density at radius 3 is 1.60 bits per heavy atom. The minimum atomic E-state index is -0.0718. The number of carbonyl (C=O) groups excluding carboxylic acids is 2. The van der Waals surface area contributed by atoms with Crippen molar-refractivity contribution in [2.24, 2.45) is 11.8 Å². The number of Topliss-reactive ketones (excluding diaryl/α,β-unsaturated/α-hetero) is 2. The van der Waals surface area contributed by atoms with Crippen LogP contribution in [0, 0.1) is 11.8 Å². The van der Waals surface area contributed by atoms with E-state index in [0.29, 0.717) is 12.8 Å². The molecule has 2 unspecified atom stereocenters. The van der Waals surface area contributed by atoms with Gasteiger partial charge in [0.25, 0.3) is 0 Å². The van der Waals surface area contributed by atoms with Crippen molar-refractivity contribution in [3.8, 4) is 0 Å². The molecule has 0 aromatic heterocycles. The van der Waals surface area contributed by atoms with Gasteiger partial charge in [-0.25, -0.2) is 0 Å². The molecule has 1 saturated carbocycles. The Hall–Kier alpha value is -0.920. The Bertz CT molecular complexity index is 203. The van der Waals surface area contributed by atoms with Gasteiger partial charge in [-0.2, -0.15) is 0 Å². The molecule has 2 nitrogen and oxygen atoms in total. The first kappa shape index (κ1) is 5.83. The summed E-state index contributed by atoms with van der Waals surface area (Å²) in [6.07, 6.45) is 4.66. The maximum atomic E-state index is 11.0. The number of hydrogen-bond acceptors (Lipinski definition) is 2. The summed E-state index contributed by atoms with van der Waals surface area (Å²) in [4.78, 5) is 22.0. The summed E-state index contributed by atoms with van der Waals surface area (Å²) >= 11 is 0. The van der Waals surface area contributed by atoms with Crippen LogP contribution in [0.2, 0.25) is 0 Å². The third-order valence-electron chi connectivity index (χ3n) is 2.25. The highest BCUT2D eigenvalue weighted by atomic mass is 16.1. The second kappa shape index (κ2) is 1.78. The highest BCUT2D eigenvalue weighted by Crippen LogP contribution is 2.30. The molecule has 10 heavy (non-hydrogen) atoms. The van der Waals surface area contributed by atoms with E-state index in [0.717, 1.165) is 0 Å². The largest absolute Gasteiger partial charge is 0.299 e. The fourth-order valence-corrected chi connectivity index (χ4v) is 1.58. The van der Waals surface area contributed by atoms with Crippen molar-refractivity contribution in [2.75, 3.05) is 0 Å². The van der Waals surface area contributed by atoms with Crippen LogP contribution >= 0.6 is 0 Å². The fraction of sp³-hybridized carbons (Fsp3) is 0.500. The minimum Gasteiger partial charge on any atom is -0.299 e. The zero-order valence-corrected chi connectivity index (χ0v) is 5.54. The van der Waals surface area contributed by atoms with Gasteiger partial charge in [-0.1, -0.05) is 12.2 Å². The van der Waals surface area contributed by atoms with Crippen LogP contribution < -0.4 is 0 Å². The van der Waals surface area contributed by atoms with Gasteiger partial charge in [0, 0.05) is 24.7 Å². The van der Waals surface area contributed by atoms with E-state index in [-0.39, 0.29) is 23.4 Å². The number of fused-ring (bicyclic) bond motifs is 2. The van der Waals surface area contributed by atoms with Crippen molar-refractivity contribution in [3.63, 3.8) is 0 Å². The van der Waals surface area contributed by atoms with Crippen molar-refractivity contribution < 1.29 is 9.59 Å². The van der Waals surface area contributed by atoms with E-state index in [4.69, 9.17) is 0 Å². The van der Waals surface area contributed by atoms with Crippen LogP contribution in [-0.2, 0) is 9.59 Å². The predicted molar refractivity (Wildman–Crippen MR) is 35.4 cm³/mol. The number of hydrogen-bond donors (Lipinski definition) is 0. The maximum Gasteiger partial charge on any atom is 0.141 e. The van der Waals surface area contributed by atoms with Gasteiger partial charge < -0.3 is 0 Å². The smallest absolute Gasteiger partial charge is 0.141 e. The van der Waals surface area contributed by atoms with E-state index in [1.807, 2.05) is 12.2 Å². The lowest BCUT2D eigenvalue weighted by molar-refractivity contribution is -0.134. The number of rotatable bonds is 0. The minimum absolute atomic E-state index is 0.0718. The van der Waals surface area contributed by atoms with Crippen LogP contribution in [0.5, 0.6) is 0 Å². The van der Waals surface area contributed by atoms with E-state index in [1.54, 1.807) is 0 Å². The van der Waals surface area contributed by atoms with Crippen molar-refractivity contribution >= 4 is 11.6 Å². The first-order valence-corrected chi connectivity index (χ1v) is 3.51. The topological polar surface area (TPSA) is 34.1 Å². The fourth-order valence-electron chi connectivity index (χ4n) is 1.58. The Labute approximate surface area is 58.9 Å². The van der Waals surface area contributed by atoms with Crippen LogP contribution in [0.1, 0.15) is 12.8 Å². The summed E-state index contributed by atoms with van der Waals surface area (Å²) < 4.78 is 0. The highest BCUT2D eigenvalue weighted by molar-refractivity contribution is 5.99. The molecule has 2 atom stereocenters. The summed E-state index contributed by atoms with van der Waals surface area (Å²) in [6.45, 7) is 0. The summed E-state index contributed by atoms with van der Waals surface area (Å²) in [6, 6.07) is 0. The molecule has 2 bridgehead atoms. The lowest BCUT2D eigenvalue weighted by atomic mass is 9.74. The van der Waals surface area contributed by atoms with Crippen LogP contribution in [0.15, 0.2) is 12.2 Å². The molecule has 0 aromatic rings. The van der Waals surface area contributed by atoms with E-state index in [2.05, 4.69) is 0 Å². The average Bonchev–Trinajstić information content (AvgIpc) is 1.91. The number of carbonyl (C=O) groups is 2. The molecule has 3 aliphatic rings. The maximum absolute atomic E-state index is 11.0. The first-order valence-electron chi connectivity index (χ1n) is 3.51. The number of allylic oxidation sites excluding steroid dienone is 2. The van der Waals surface area contributed by atoms with Gasteiger partial charge in [-0.05, 0) is 0 Å². The SMILES string of the molecule is O=C1CC2C=CC1CC2=O. The zero-order chi connectivity index (χ0) is 7.14. The normalized spacial score (nSPS) is 37.2. The van der Waals surface area contributed by atoms with Crippen LogP contribution in [0.4, 0.5) is 0 Å². The molecule has 0 aromatic carbocycles. The Morgan fingerprint density at radius 1 is 1.00 bits per heavy atom. The quantitative estimate of drug-likeness (QED) is 0.460. The van der Waals surface area contributed by atoms with E-state index in [1.165, 1.54) is 0 Å². The van der Waals surface area contributed by atoms with Crippen LogP contribution in [0.25, 0.3) is 0 Å². The molecular weight excluding hydrogens is 128 g/mol. The van der Waals surface area contributed by atoms with E-state index < -0.39 is 0 Å². The summed E-state index contributed by atoms with van der Waals surface area (Å²) in [7, 11) is 0. The molecule has 52 valence electrons. The van der Waals surface area contributed by atoms with Gasteiger partial charge in [-0.15, -0.1) is 0 Å². The molecular formula is C8H8O2. The molecule has 0 spiro atoms. The zero-order valence-electron chi connectivity index (χ0n) is 5.54. The molecule has 2 heteroatoms. The van der Waals surface area contributed by atoms with Gasteiger partial charge in [0.2, 0.25) is 0 Å². The third-order valence-corrected chi connectivity index (χ3v) is 2.25.